The van der Waals surface area contributed by atoms with Gasteiger partial charge in [-0.05, 0) is 66.9 Å². The van der Waals surface area contributed by atoms with Gasteiger partial charge in [0.15, 0.2) is 23.0 Å². The second-order valence-corrected chi connectivity index (χ2v) is 9.41. The Hall–Kier alpha value is -3.06. The van der Waals surface area contributed by atoms with E-state index < -0.39 is 5.97 Å². The minimum absolute atomic E-state index is 0.214. The summed E-state index contributed by atoms with van der Waals surface area (Å²) in [5.74, 6) is 0.585. The molecule has 0 atom stereocenters. The number of phenols is 2. The molecule has 0 amide bonds. The molecule has 6 nitrogen and oxygen atoms in total. The maximum atomic E-state index is 11.8. The van der Waals surface area contributed by atoms with Crippen LogP contribution in [0.3, 0.4) is 0 Å². The van der Waals surface area contributed by atoms with Crippen LogP contribution in [0, 0.1) is 0 Å². The van der Waals surface area contributed by atoms with Crippen LogP contribution in [0.4, 0.5) is 0 Å². The van der Waals surface area contributed by atoms with Gasteiger partial charge in [0.25, 0.3) is 0 Å². The topological polar surface area (TPSA) is 85.2 Å². The zero-order valence-electron chi connectivity index (χ0n) is 20.0. The monoisotopic (exact) mass is 564 g/mol. The number of esters is 1. The Kier molecular flexibility index (Phi) is 11.3. The minimum Gasteiger partial charge on any atom is -0.504 e. The van der Waals surface area contributed by atoms with Gasteiger partial charge in [-0.2, -0.15) is 0 Å². The van der Waals surface area contributed by atoms with Crippen LogP contribution in [0.1, 0.15) is 37.7 Å². The van der Waals surface area contributed by atoms with Crippen LogP contribution in [0.25, 0.3) is 6.08 Å². The van der Waals surface area contributed by atoms with E-state index >= 15 is 0 Å². The zero-order valence-corrected chi connectivity index (χ0v) is 22.2. The Morgan fingerprint density at radius 2 is 1.41 bits per heavy atom. The average Bonchev–Trinajstić information content (AvgIpc) is 2.86. The molecule has 0 aliphatic carbocycles. The summed E-state index contributed by atoms with van der Waals surface area (Å²) in [6.07, 6.45) is 7.26. The van der Waals surface area contributed by atoms with Crippen LogP contribution in [0.2, 0.25) is 15.1 Å². The first-order chi connectivity index (χ1) is 17.8. The van der Waals surface area contributed by atoms with Crippen LogP contribution < -0.4 is 9.47 Å². The van der Waals surface area contributed by atoms with Gasteiger partial charge in [0.05, 0.1) is 18.2 Å². The van der Waals surface area contributed by atoms with Gasteiger partial charge in [0.2, 0.25) is 0 Å². The number of unbranched alkanes of at least 4 members (excludes halogenated alkanes) is 4. The maximum Gasteiger partial charge on any atom is 0.330 e. The molecule has 0 aliphatic heterocycles. The first-order valence-electron chi connectivity index (χ1n) is 11.7. The first kappa shape index (κ1) is 28.5. The van der Waals surface area contributed by atoms with E-state index in [1.165, 1.54) is 24.3 Å². The molecule has 0 spiro atoms. The Balaban J connectivity index is 1.31. The molecular formula is C28H27Cl3O6. The third kappa shape index (κ3) is 9.73. The fourth-order valence-corrected chi connectivity index (χ4v) is 3.91. The van der Waals surface area contributed by atoms with Gasteiger partial charge < -0.3 is 24.4 Å². The molecule has 37 heavy (non-hydrogen) atoms. The predicted octanol–water partition coefficient (Wildman–Crippen LogP) is 8.44. The summed E-state index contributed by atoms with van der Waals surface area (Å²) < 4.78 is 17.0. The van der Waals surface area contributed by atoms with Crippen LogP contribution in [0.15, 0.2) is 60.7 Å². The molecule has 3 rings (SSSR count). The standard InChI is InChI=1S/C28H27Cl3O6/c29-20-8-11-25(22(31)17-20)37-26-12-9-21(30)18-27(26)35-14-4-2-1-3-5-15-36-28(34)13-7-19-6-10-23(32)24(33)16-19/h6-13,16-18,32-33H,1-5,14-15H2/b13-7+. The van der Waals surface area contributed by atoms with E-state index in [0.717, 1.165) is 32.1 Å². The van der Waals surface area contributed by atoms with E-state index in [4.69, 9.17) is 49.0 Å². The van der Waals surface area contributed by atoms with E-state index in [0.29, 0.717) is 51.1 Å². The molecule has 0 radical (unpaired) electrons. The molecule has 0 saturated carbocycles. The lowest BCUT2D eigenvalue weighted by molar-refractivity contribution is -0.137. The van der Waals surface area contributed by atoms with Gasteiger partial charge in [-0.1, -0.05) is 60.1 Å². The largest absolute Gasteiger partial charge is 0.504 e. The van der Waals surface area contributed by atoms with Crippen LogP contribution in [-0.2, 0) is 9.53 Å². The molecule has 3 aromatic rings. The van der Waals surface area contributed by atoms with Gasteiger partial charge >= 0.3 is 5.97 Å². The quantitative estimate of drug-likeness (QED) is 0.0936. The predicted molar refractivity (Wildman–Crippen MR) is 146 cm³/mol. The fraction of sp³-hybridized carbons (Fsp3) is 0.250. The zero-order chi connectivity index (χ0) is 26.6. The summed E-state index contributed by atoms with van der Waals surface area (Å²) in [6.45, 7) is 0.828. The number of benzene rings is 3. The van der Waals surface area contributed by atoms with Crippen LogP contribution in [0.5, 0.6) is 28.7 Å². The Morgan fingerprint density at radius 1 is 0.730 bits per heavy atom. The highest BCUT2D eigenvalue weighted by atomic mass is 35.5. The van der Waals surface area contributed by atoms with Crippen molar-refractivity contribution in [2.24, 2.45) is 0 Å². The minimum atomic E-state index is -0.458. The summed E-state index contributed by atoms with van der Waals surface area (Å²) in [7, 11) is 0. The van der Waals surface area contributed by atoms with Crippen LogP contribution >= 0.6 is 34.8 Å². The van der Waals surface area contributed by atoms with Crippen molar-refractivity contribution in [2.75, 3.05) is 13.2 Å². The van der Waals surface area contributed by atoms with Gasteiger partial charge in [0, 0.05) is 22.2 Å². The van der Waals surface area contributed by atoms with Crippen molar-refractivity contribution in [1.29, 1.82) is 0 Å². The average molecular weight is 566 g/mol. The summed E-state index contributed by atoms with van der Waals surface area (Å²) in [5, 5.41) is 20.2. The van der Waals surface area contributed by atoms with Gasteiger partial charge in [-0.3, -0.25) is 0 Å². The van der Waals surface area contributed by atoms with Crippen molar-refractivity contribution in [3.8, 4) is 28.7 Å². The summed E-state index contributed by atoms with van der Waals surface area (Å²) in [4.78, 5) is 11.8. The third-order valence-corrected chi connectivity index (χ3v) is 5.99. The highest BCUT2D eigenvalue weighted by Crippen LogP contribution is 2.37. The number of hydrogen-bond acceptors (Lipinski definition) is 6. The smallest absolute Gasteiger partial charge is 0.330 e. The lowest BCUT2D eigenvalue weighted by atomic mass is 10.1. The number of halogens is 3. The molecule has 0 aromatic heterocycles. The summed E-state index contributed by atoms with van der Waals surface area (Å²) >= 11 is 18.3. The van der Waals surface area contributed by atoms with Crippen molar-refractivity contribution in [1.82, 2.24) is 0 Å². The second kappa shape index (κ2) is 14.6. The molecule has 3 aromatic carbocycles. The number of carbonyl (C=O) groups is 1. The van der Waals surface area contributed by atoms with Gasteiger partial charge in [-0.15, -0.1) is 0 Å². The second-order valence-electron chi connectivity index (χ2n) is 8.13. The highest BCUT2D eigenvalue weighted by molar-refractivity contribution is 6.35. The first-order valence-corrected chi connectivity index (χ1v) is 12.9. The number of hydrogen-bond donors (Lipinski definition) is 2. The maximum absolute atomic E-state index is 11.8. The Labute approximate surface area is 231 Å². The lowest BCUT2D eigenvalue weighted by Gasteiger charge is -2.14. The summed E-state index contributed by atoms with van der Waals surface area (Å²) in [5.41, 5.74) is 0.583. The van der Waals surface area contributed by atoms with Crippen LogP contribution in [-0.4, -0.2) is 29.4 Å². The molecule has 0 fully saturated rings. The SMILES string of the molecule is O=C(/C=C/c1ccc(O)c(O)c1)OCCCCCCCOc1cc(Cl)ccc1Oc1ccc(Cl)cc1Cl. The van der Waals surface area contributed by atoms with E-state index in [9.17, 15) is 15.0 Å². The van der Waals surface area contributed by atoms with E-state index in [1.54, 1.807) is 42.5 Å². The van der Waals surface area contributed by atoms with Crippen molar-refractivity contribution in [3.63, 3.8) is 0 Å². The molecule has 196 valence electrons. The molecule has 0 aliphatic rings. The molecule has 0 heterocycles. The van der Waals surface area contributed by atoms with Crippen molar-refractivity contribution in [3.05, 3.63) is 81.3 Å². The Bertz CT molecular complexity index is 1230. The van der Waals surface area contributed by atoms with Gasteiger partial charge in [-0.25, -0.2) is 4.79 Å². The molecule has 9 heteroatoms. The number of phenolic OH excluding ortho intramolecular Hbond substituents is 2. The highest BCUT2D eigenvalue weighted by Gasteiger charge is 2.10. The molecule has 0 saturated heterocycles. The van der Waals surface area contributed by atoms with Crippen molar-refractivity contribution in [2.45, 2.75) is 32.1 Å². The van der Waals surface area contributed by atoms with Crippen molar-refractivity contribution >= 4 is 46.8 Å². The Morgan fingerprint density at radius 3 is 2.14 bits per heavy atom. The van der Waals surface area contributed by atoms with E-state index in [2.05, 4.69) is 0 Å². The number of rotatable bonds is 13. The molecule has 2 N–H and O–H groups in total. The normalized spacial score (nSPS) is 11.0. The summed E-state index contributed by atoms with van der Waals surface area (Å²) in [6, 6.07) is 14.4. The fourth-order valence-electron chi connectivity index (χ4n) is 3.30. The number of ether oxygens (including phenoxy) is 3. The number of carbonyl (C=O) groups excluding carboxylic acids is 1. The van der Waals surface area contributed by atoms with Crippen molar-refractivity contribution < 1.29 is 29.2 Å². The third-order valence-electron chi connectivity index (χ3n) is 5.22. The van der Waals surface area contributed by atoms with E-state index in [-0.39, 0.29) is 11.5 Å². The molecule has 0 unspecified atom stereocenters. The molecular weight excluding hydrogens is 539 g/mol. The molecule has 0 bridgehead atoms. The lowest BCUT2D eigenvalue weighted by Crippen LogP contribution is -2.02. The number of aromatic hydroxyl groups is 2. The van der Waals surface area contributed by atoms with E-state index in [1.807, 2.05) is 0 Å². The van der Waals surface area contributed by atoms with Gasteiger partial charge in [0.1, 0.15) is 5.75 Å².